The van der Waals surface area contributed by atoms with E-state index in [4.69, 9.17) is 5.11 Å². The minimum Gasteiger partial charge on any atom is -0.396 e. The Morgan fingerprint density at radius 1 is 1.00 bits per heavy atom. The molecule has 130 valence electrons. The molecule has 1 heterocycles. The molecule has 0 aliphatic carbocycles. The molecule has 1 aliphatic rings. The molecule has 0 amide bonds. The van der Waals surface area contributed by atoms with Gasteiger partial charge in [0.05, 0.1) is 11.1 Å². The van der Waals surface area contributed by atoms with Crippen molar-refractivity contribution in [3.05, 3.63) is 34.9 Å². The molecule has 1 aromatic rings. The van der Waals surface area contributed by atoms with Gasteiger partial charge in [0.15, 0.2) is 0 Å². The third-order valence-electron chi connectivity index (χ3n) is 3.91. The smallest absolute Gasteiger partial charge is 0.396 e. The van der Waals surface area contributed by atoms with E-state index in [-0.39, 0.29) is 30.7 Å². The van der Waals surface area contributed by atoms with Crippen molar-refractivity contribution < 1.29 is 31.4 Å². The Kier molecular flexibility index (Phi) is 5.25. The van der Waals surface area contributed by atoms with Gasteiger partial charge in [0, 0.05) is 19.7 Å². The van der Waals surface area contributed by atoms with Crippen LogP contribution in [0.2, 0.25) is 0 Å². The van der Waals surface area contributed by atoms with Crippen molar-refractivity contribution in [2.24, 2.45) is 5.92 Å². The number of aliphatic hydroxyl groups is 1. The van der Waals surface area contributed by atoms with E-state index in [2.05, 4.69) is 0 Å². The number of benzene rings is 1. The van der Waals surface area contributed by atoms with Crippen LogP contribution in [0.4, 0.5) is 26.3 Å². The highest BCUT2D eigenvalue weighted by atomic mass is 19.4. The summed E-state index contributed by atoms with van der Waals surface area (Å²) in [5.74, 6) is 0.0108. The highest BCUT2D eigenvalue weighted by Gasteiger charge is 2.37. The summed E-state index contributed by atoms with van der Waals surface area (Å²) in [7, 11) is 0. The number of hydrogen-bond donors (Lipinski definition) is 1. The van der Waals surface area contributed by atoms with Gasteiger partial charge in [-0.15, -0.1) is 0 Å². The summed E-state index contributed by atoms with van der Waals surface area (Å²) in [4.78, 5) is 1.78. The van der Waals surface area contributed by atoms with E-state index >= 15 is 0 Å². The van der Waals surface area contributed by atoms with Gasteiger partial charge in [-0.2, -0.15) is 26.3 Å². The number of aliphatic hydroxyl groups excluding tert-OH is 1. The second kappa shape index (κ2) is 6.68. The van der Waals surface area contributed by atoms with E-state index < -0.39 is 23.5 Å². The van der Waals surface area contributed by atoms with Crippen LogP contribution in [0.25, 0.3) is 0 Å². The largest absolute Gasteiger partial charge is 0.416 e. The molecule has 2 rings (SSSR count). The molecule has 23 heavy (non-hydrogen) atoms. The van der Waals surface area contributed by atoms with E-state index in [0.29, 0.717) is 13.1 Å². The number of likely N-dealkylation sites (tertiary alicyclic amines) is 1. The molecule has 1 fully saturated rings. The monoisotopic (exact) mass is 341 g/mol. The Morgan fingerprint density at radius 3 is 2.04 bits per heavy atom. The van der Waals surface area contributed by atoms with Gasteiger partial charge < -0.3 is 5.11 Å². The molecule has 0 spiro atoms. The normalized spacial score (nSPS) is 20.7. The Morgan fingerprint density at radius 2 is 1.57 bits per heavy atom. The molecule has 1 saturated heterocycles. The van der Waals surface area contributed by atoms with E-state index in [1.807, 2.05) is 0 Å². The van der Waals surface area contributed by atoms with Crippen LogP contribution < -0.4 is 0 Å². The maximum Gasteiger partial charge on any atom is 0.416 e. The van der Waals surface area contributed by atoms with E-state index in [9.17, 15) is 26.3 Å². The van der Waals surface area contributed by atoms with Gasteiger partial charge in [0.2, 0.25) is 0 Å². The summed E-state index contributed by atoms with van der Waals surface area (Å²) in [6.07, 6.45) is -8.09. The van der Waals surface area contributed by atoms with Crippen molar-refractivity contribution in [1.82, 2.24) is 4.90 Å². The topological polar surface area (TPSA) is 23.5 Å². The lowest BCUT2D eigenvalue weighted by molar-refractivity contribution is -0.143. The summed E-state index contributed by atoms with van der Waals surface area (Å²) in [6, 6.07) is 1.66. The van der Waals surface area contributed by atoms with Gasteiger partial charge in [0.1, 0.15) is 0 Å². The zero-order chi connectivity index (χ0) is 17.3. The minimum absolute atomic E-state index is 0.00347. The summed E-state index contributed by atoms with van der Waals surface area (Å²) in [5.41, 5.74) is -2.61. The fourth-order valence-corrected chi connectivity index (χ4v) is 2.81. The Hall–Kier alpha value is -1.28. The number of rotatable bonds is 3. The number of piperidine rings is 1. The van der Waals surface area contributed by atoms with Crippen LogP contribution in [0.1, 0.15) is 29.5 Å². The molecule has 1 atom stereocenters. The highest BCUT2D eigenvalue weighted by molar-refractivity contribution is 5.33. The molecule has 1 aromatic carbocycles. The maximum absolute atomic E-state index is 12.8. The zero-order valence-corrected chi connectivity index (χ0v) is 12.2. The third-order valence-corrected chi connectivity index (χ3v) is 3.91. The summed E-state index contributed by atoms with van der Waals surface area (Å²) < 4.78 is 76.9. The average molecular weight is 341 g/mol. The first-order valence-electron chi connectivity index (χ1n) is 7.21. The second-order valence-corrected chi connectivity index (χ2v) is 5.84. The number of nitrogens with zero attached hydrogens (tertiary/aromatic N) is 1. The molecule has 0 radical (unpaired) electrons. The molecule has 8 heteroatoms. The number of alkyl halides is 6. The van der Waals surface area contributed by atoms with Crippen LogP contribution in [0.3, 0.4) is 0 Å². The van der Waals surface area contributed by atoms with Crippen molar-refractivity contribution in [3.63, 3.8) is 0 Å². The predicted octanol–water partition coefficient (Wildman–Crippen LogP) is 3.93. The minimum atomic E-state index is -4.83. The van der Waals surface area contributed by atoms with Gasteiger partial charge in [-0.25, -0.2) is 0 Å². The Balaban J connectivity index is 2.27. The molecule has 0 aromatic heterocycles. The fourth-order valence-electron chi connectivity index (χ4n) is 2.81. The molecule has 1 unspecified atom stereocenters. The number of halogens is 6. The molecular formula is C15H17F6NO. The summed E-state index contributed by atoms with van der Waals surface area (Å²) >= 11 is 0. The van der Waals surface area contributed by atoms with Gasteiger partial charge >= 0.3 is 12.4 Å². The van der Waals surface area contributed by atoms with Gasteiger partial charge in [-0.1, -0.05) is 0 Å². The summed E-state index contributed by atoms with van der Waals surface area (Å²) in [6.45, 7) is 1.03. The fraction of sp³-hybridized carbons (Fsp3) is 0.600. The van der Waals surface area contributed by atoms with Crippen LogP contribution in [0.5, 0.6) is 0 Å². The third kappa shape index (κ3) is 4.84. The zero-order valence-electron chi connectivity index (χ0n) is 12.2. The van der Waals surface area contributed by atoms with E-state index in [1.165, 1.54) is 0 Å². The second-order valence-electron chi connectivity index (χ2n) is 5.84. The van der Waals surface area contributed by atoms with Crippen molar-refractivity contribution >= 4 is 0 Å². The molecule has 0 bridgehead atoms. The van der Waals surface area contributed by atoms with Gasteiger partial charge in [-0.3, -0.25) is 4.90 Å². The average Bonchev–Trinajstić information content (AvgIpc) is 2.45. The quantitative estimate of drug-likeness (QED) is 0.842. The van der Waals surface area contributed by atoms with Gasteiger partial charge in [0.25, 0.3) is 0 Å². The van der Waals surface area contributed by atoms with Crippen molar-refractivity contribution in [2.45, 2.75) is 31.7 Å². The Labute approximate surface area is 129 Å². The van der Waals surface area contributed by atoms with Crippen LogP contribution in [-0.2, 0) is 18.9 Å². The lowest BCUT2D eigenvalue weighted by Gasteiger charge is -2.32. The SMILES string of the molecule is OCC1CCCN(Cc2cc(C(F)(F)F)cc(C(F)(F)F)c2)C1. The van der Waals surface area contributed by atoms with Crippen molar-refractivity contribution in [3.8, 4) is 0 Å². The maximum atomic E-state index is 12.8. The summed E-state index contributed by atoms with van der Waals surface area (Å²) in [5, 5.41) is 9.15. The van der Waals surface area contributed by atoms with Crippen molar-refractivity contribution in [2.75, 3.05) is 19.7 Å². The lowest BCUT2D eigenvalue weighted by Crippen LogP contribution is -2.36. The molecule has 1 N–H and O–H groups in total. The highest BCUT2D eigenvalue weighted by Crippen LogP contribution is 2.36. The first kappa shape index (κ1) is 18.1. The molecule has 1 aliphatic heterocycles. The molecule has 0 saturated carbocycles. The van der Waals surface area contributed by atoms with Crippen LogP contribution in [0.15, 0.2) is 18.2 Å². The van der Waals surface area contributed by atoms with Crippen LogP contribution >= 0.6 is 0 Å². The lowest BCUT2D eigenvalue weighted by atomic mass is 9.98. The van der Waals surface area contributed by atoms with E-state index in [1.54, 1.807) is 4.90 Å². The first-order chi connectivity index (χ1) is 10.6. The van der Waals surface area contributed by atoms with Gasteiger partial charge in [-0.05, 0) is 49.1 Å². The van der Waals surface area contributed by atoms with E-state index in [0.717, 1.165) is 25.0 Å². The predicted molar refractivity (Wildman–Crippen MR) is 71.5 cm³/mol. The van der Waals surface area contributed by atoms with Crippen molar-refractivity contribution in [1.29, 1.82) is 0 Å². The standard InChI is InChI=1S/C15H17F6NO/c16-14(17,18)12-4-11(5-13(6-12)15(19,20)21)8-22-3-1-2-10(7-22)9-23/h4-6,10,23H,1-3,7-9H2. The van der Waals surface area contributed by atoms with Crippen LogP contribution in [-0.4, -0.2) is 29.7 Å². The molecular weight excluding hydrogens is 324 g/mol. The Bertz CT molecular complexity index is 507. The first-order valence-corrected chi connectivity index (χ1v) is 7.21. The van der Waals surface area contributed by atoms with Crippen LogP contribution in [0, 0.1) is 5.92 Å². The molecule has 2 nitrogen and oxygen atoms in total. The number of hydrogen-bond acceptors (Lipinski definition) is 2.